The lowest BCUT2D eigenvalue weighted by Crippen LogP contribution is -2.07. The Labute approximate surface area is 165 Å². The van der Waals surface area contributed by atoms with Gasteiger partial charge in [-0.05, 0) is 54.2 Å². The summed E-state index contributed by atoms with van der Waals surface area (Å²) in [6.07, 6.45) is 6.39. The van der Waals surface area contributed by atoms with E-state index in [1.54, 1.807) is 18.6 Å². The van der Waals surface area contributed by atoms with E-state index in [-0.39, 0.29) is 5.91 Å². The van der Waals surface area contributed by atoms with Crippen molar-refractivity contribution in [2.24, 2.45) is 7.05 Å². The zero-order valence-corrected chi connectivity index (χ0v) is 15.8. The zero-order chi connectivity index (χ0) is 19.3. The molecular weight excluding hydrogens is 372 g/mol. The lowest BCUT2D eigenvalue weighted by atomic mass is 10.3. The summed E-state index contributed by atoms with van der Waals surface area (Å²) in [5.74, 6) is -0.233. The maximum Gasteiger partial charge on any atom is 0.248 e. The predicted octanol–water partition coefficient (Wildman–Crippen LogP) is 3.56. The van der Waals surface area contributed by atoms with Crippen molar-refractivity contribution < 1.29 is 4.79 Å². The molecule has 2 aromatic heterocycles. The van der Waals surface area contributed by atoms with Crippen LogP contribution in [0.15, 0.2) is 77.2 Å². The number of fused-ring (bicyclic) bond motifs is 1. The van der Waals surface area contributed by atoms with Gasteiger partial charge in [-0.2, -0.15) is 0 Å². The Morgan fingerprint density at radius 2 is 1.89 bits per heavy atom. The smallest absolute Gasteiger partial charge is 0.248 e. The van der Waals surface area contributed by atoms with Crippen molar-refractivity contribution in [2.45, 2.75) is 10.1 Å². The monoisotopic (exact) mass is 388 g/mol. The largest absolute Gasteiger partial charge is 0.323 e. The van der Waals surface area contributed by atoms with E-state index in [0.29, 0.717) is 11.4 Å². The van der Waals surface area contributed by atoms with Gasteiger partial charge >= 0.3 is 0 Å². The molecule has 0 saturated heterocycles. The Morgan fingerprint density at radius 3 is 2.64 bits per heavy atom. The molecule has 0 aliphatic carbocycles. The topological polar surface area (TPSA) is 85.6 Å². The third-order valence-corrected chi connectivity index (χ3v) is 4.93. The number of hydrogen-bond donors (Lipinski definition) is 1. The molecule has 4 rings (SSSR count). The van der Waals surface area contributed by atoms with Gasteiger partial charge in [0.15, 0.2) is 5.16 Å². The van der Waals surface area contributed by atoms with E-state index in [9.17, 15) is 4.79 Å². The molecule has 8 heteroatoms. The van der Waals surface area contributed by atoms with Gasteiger partial charge in [-0.3, -0.25) is 9.78 Å². The van der Waals surface area contributed by atoms with E-state index in [4.69, 9.17) is 0 Å². The van der Waals surface area contributed by atoms with E-state index in [1.165, 1.54) is 17.8 Å². The number of carbonyl (C=O) groups is 1. The summed E-state index contributed by atoms with van der Waals surface area (Å²) in [7, 11) is 1.89. The maximum atomic E-state index is 12.2. The van der Waals surface area contributed by atoms with Crippen molar-refractivity contribution in [3.8, 4) is 0 Å². The fourth-order valence-corrected chi connectivity index (χ4v) is 3.24. The fraction of sp³-hybridized carbons (Fsp3) is 0.0500. The predicted molar refractivity (Wildman–Crippen MR) is 109 cm³/mol. The lowest BCUT2D eigenvalue weighted by Gasteiger charge is -2.04. The molecule has 0 saturated carbocycles. The summed E-state index contributed by atoms with van der Waals surface area (Å²) in [6.45, 7) is 0. The number of para-hydroxylation sites is 2. The molecule has 7 nitrogen and oxygen atoms in total. The standard InChI is InChI=1S/C20H16N6OS/c1-26-13-22-25-20(26)28-16-9-6-14(7-10-16)24-19(27)11-8-15-12-21-17-4-2-3-5-18(17)23-15/h2-13H,1H3,(H,24,27)/b11-8+. The first-order valence-electron chi connectivity index (χ1n) is 8.50. The van der Waals surface area contributed by atoms with Crippen LogP contribution >= 0.6 is 11.8 Å². The molecule has 4 aromatic rings. The normalized spacial score (nSPS) is 11.2. The molecular formula is C20H16N6OS. The second kappa shape index (κ2) is 8.01. The number of carbonyl (C=O) groups excluding carboxylic acids is 1. The van der Waals surface area contributed by atoms with Crippen molar-refractivity contribution in [2.75, 3.05) is 5.32 Å². The number of rotatable bonds is 5. The van der Waals surface area contributed by atoms with Gasteiger partial charge in [-0.15, -0.1) is 10.2 Å². The number of aromatic nitrogens is 5. The van der Waals surface area contributed by atoms with Crippen LogP contribution in [0.5, 0.6) is 0 Å². The van der Waals surface area contributed by atoms with Crippen LogP contribution in [0, 0.1) is 0 Å². The molecule has 0 bridgehead atoms. The molecule has 0 aliphatic heterocycles. The minimum atomic E-state index is -0.233. The van der Waals surface area contributed by atoms with Gasteiger partial charge in [0.05, 0.1) is 22.9 Å². The van der Waals surface area contributed by atoms with Gasteiger partial charge in [-0.1, -0.05) is 12.1 Å². The number of aryl methyl sites for hydroxylation is 1. The molecule has 1 amide bonds. The zero-order valence-electron chi connectivity index (χ0n) is 15.0. The van der Waals surface area contributed by atoms with Crippen LogP contribution in [0.25, 0.3) is 17.1 Å². The minimum Gasteiger partial charge on any atom is -0.323 e. The highest BCUT2D eigenvalue weighted by Crippen LogP contribution is 2.26. The maximum absolute atomic E-state index is 12.2. The van der Waals surface area contributed by atoms with Gasteiger partial charge in [0.25, 0.3) is 0 Å². The van der Waals surface area contributed by atoms with Crippen molar-refractivity contribution in [1.29, 1.82) is 0 Å². The van der Waals surface area contributed by atoms with Gasteiger partial charge < -0.3 is 9.88 Å². The Hall–Kier alpha value is -3.52. The van der Waals surface area contributed by atoms with E-state index in [2.05, 4.69) is 25.5 Å². The molecule has 138 valence electrons. The molecule has 0 fully saturated rings. The van der Waals surface area contributed by atoms with Crippen molar-refractivity contribution in [1.82, 2.24) is 24.7 Å². The number of amides is 1. The van der Waals surface area contributed by atoms with Crippen LogP contribution in [0.2, 0.25) is 0 Å². The van der Waals surface area contributed by atoms with Crippen molar-refractivity contribution >= 4 is 40.5 Å². The number of nitrogens with one attached hydrogen (secondary N) is 1. The van der Waals surface area contributed by atoms with Crippen LogP contribution in [0.1, 0.15) is 5.69 Å². The summed E-state index contributed by atoms with van der Waals surface area (Å²) < 4.78 is 1.85. The highest BCUT2D eigenvalue weighted by Gasteiger charge is 2.04. The molecule has 1 N–H and O–H groups in total. The molecule has 0 aliphatic rings. The number of nitrogens with zero attached hydrogens (tertiary/aromatic N) is 5. The highest BCUT2D eigenvalue weighted by atomic mass is 32.2. The lowest BCUT2D eigenvalue weighted by molar-refractivity contribution is -0.111. The third-order valence-electron chi connectivity index (χ3n) is 3.87. The van der Waals surface area contributed by atoms with Crippen LogP contribution in [-0.2, 0) is 11.8 Å². The van der Waals surface area contributed by atoms with Crippen molar-refractivity contribution in [3.05, 3.63) is 72.8 Å². The van der Waals surface area contributed by atoms with E-state index in [0.717, 1.165) is 21.1 Å². The Kier molecular flexibility index (Phi) is 5.11. The van der Waals surface area contributed by atoms with Crippen LogP contribution in [-0.4, -0.2) is 30.6 Å². The second-order valence-electron chi connectivity index (χ2n) is 5.96. The van der Waals surface area contributed by atoms with E-state index in [1.807, 2.05) is 60.1 Å². The molecule has 0 unspecified atom stereocenters. The molecule has 0 radical (unpaired) electrons. The number of anilines is 1. The van der Waals surface area contributed by atoms with E-state index < -0.39 is 0 Å². The third kappa shape index (κ3) is 4.24. The van der Waals surface area contributed by atoms with Crippen LogP contribution in [0.4, 0.5) is 5.69 Å². The fourth-order valence-electron chi connectivity index (χ4n) is 2.47. The van der Waals surface area contributed by atoms with Crippen molar-refractivity contribution in [3.63, 3.8) is 0 Å². The Morgan fingerprint density at radius 1 is 1.11 bits per heavy atom. The molecule has 28 heavy (non-hydrogen) atoms. The SMILES string of the molecule is Cn1cnnc1Sc1ccc(NC(=O)/C=C/c2cnc3ccccc3n2)cc1. The Balaban J connectivity index is 1.38. The number of benzene rings is 2. The van der Waals surface area contributed by atoms with Gasteiger partial charge in [0.1, 0.15) is 6.33 Å². The minimum absolute atomic E-state index is 0.233. The van der Waals surface area contributed by atoms with E-state index >= 15 is 0 Å². The summed E-state index contributed by atoms with van der Waals surface area (Å²) in [5, 5.41) is 11.5. The number of hydrogen-bond acceptors (Lipinski definition) is 6. The van der Waals surface area contributed by atoms with Gasteiger partial charge in [-0.25, -0.2) is 4.98 Å². The molecule has 0 atom stereocenters. The average molecular weight is 388 g/mol. The molecule has 0 spiro atoms. The summed E-state index contributed by atoms with van der Waals surface area (Å²) in [5.41, 5.74) is 2.95. The first-order valence-corrected chi connectivity index (χ1v) is 9.32. The highest BCUT2D eigenvalue weighted by molar-refractivity contribution is 7.99. The van der Waals surface area contributed by atoms with Gasteiger partial charge in [0, 0.05) is 23.7 Å². The first kappa shape index (κ1) is 17.9. The molecule has 2 aromatic carbocycles. The second-order valence-corrected chi connectivity index (χ2v) is 7.00. The summed E-state index contributed by atoms with van der Waals surface area (Å²) in [6, 6.07) is 15.2. The quantitative estimate of drug-likeness (QED) is 0.526. The van der Waals surface area contributed by atoms with Crippen LogP contribution < -0.4 is 5.32 Å². The average Bonchev–Trinajstić information content (AvgIpc) is 3.12. The molecule has 2 heterocycles. The Bertz CT molecular complexity index is 1150. The first-order chi connectivity index (χ1) is 13.7. The van der Waals surface area contributed by atoms with Crippen LogP contribution in [0.3, 0.4) is 0 Å². The summed E-state index contributed by atoms with van der Waals surface area (Å²) >= 11 is 1.50. The van der Waals surface area contributed by atoms with Gasteiger partial charge in [0.2, 0.25) is 5.91 Å². The summed E-state index contributed by atoms with van der Waals surface area (Å²) in [4.78, 5) is 22.0.